The number of carbonyl (C=O) groups excluding carboxylic acids is 1. The lowest BCUT2D eigenvalue weighted by Crippen LogP contribution is -2.11. The van der Waals surface area contributed by atoms with E-state index in [9.17, 15) is 9.18 Å². The van der Waals surface area contributed by atoms with Crippen LogP contribution < -0.4 is 0 Å². The summed E-state index contributed by atoms with van der Waals surface area (Å²) in [6.45, 7) is 4.18. The van der Waals surface area contributed by atoms with Crippen LogP contribution in [0.25, 0.3) is 5.69 Å². The second kappa shape index (κ2) is 9.70. The molecule has 3 aromatic rings. The summed E-state index contributed by atoms with van der Waals surface area (Å²) in [5.74, 6) is -0.0602. The Morgan fingerprint density at radius 3 is 2.82 bits per heavy atom. The molecule has 9 heteroatoms. The standard InChI is InChI=1S/C19H19FN4O2S2/c1-13-7-8-14(2)16(11-13)24-19(21-22-23-24)28-12-18(25)26-9-10-27-17-6-4-3-5-15(17)20/h3-8,11H,9-10,12H2,1-2H3. The highest BCUT2D eigenvalue weighted by atomic mass is 32.2. The summed E-state index contributed by atoms with van der Waals surface area (Å²) < 4.78 is 20.4. The van der Waals surface area contributed by atoms with E-state index in [1.807, 2.05) is 32.0 Å². The number of nitrogens with zero attached hydrogens (tertiary/aromatic N) is 4. The predicted molar refractivity (Wildman–Crippen MR) is 107 cm³/mol. The van der Waals surface area contributed by atoms with Gasteiger partial charge >= 0.3 is 5.97 Å². The smallest absolute Gasteiger partial charge is 0.316 e. The van der Waals surface area contributed by atoms with Crippen molar-refractivity contribution in [3.63, 3.8) is 0 Å². The van der Waals surface area contributed by atoms with Crippen LogP contribution in [0.2, 0.25) is 0 Å². The first-order valence-corrected chi connectivity index (χ1v) is 10.5. The van der Waals surface area contributed by atoms with E-state index in [2.05, 4.69) is 15.5 Å². The molecule has 0 saturated heterocycles. The quantitative estimate of drug-likeness (QED) is 0.313. The third kappa shape index (κ3) is 5.32. The van der Waals surface area contributed by atoms with Crippen LogP contribution in [0.15, 0.2) is 52.5 Å². The van der Waals surface area contributed by atoms with Crippen LogP contribution in [0.3, 0.4) is 0 Å². The fourth-order valence-electron chi connectivity index (χ4n) is 2.40. The molecular formula is C19H19FN4O2S2. The molecule has 0 N–H and O–H groups in total. The van der Waals surface area contributed by atoms with Gasteiger partial charge in [-0.3, -0.25) is 4.79 Å². The van der Waals surface area contributed by atoms with E-state index in [4.69, 9.17) is 4.74 Å². The van der Waals surface area contributed by atoms with Gasteiger partial charge in [0.05, 0.1) is 11.4 Å². The average molecular weight is 419 g/mol. The largest absolute Gasteiger partial charge is 0.464 e. The van der Waals surface area contributed by atoms with Crippen molar-refractivity contribution in [1.29, 1.82) is 0 Å². The number of thioether (sulfide) groups is 2. The Morgan fingerprint density at radius 1 is 1.18 bits per heavy atom. The van der Waals surface area contributed by atoms with Crippen LogP contribution in [0.5, 0.6) is 0 Å². The summed E-state index contributed by atoms with van der Waals surface area (Å²) in [5.41, 5.74) is 3.01. The zero-order valence-electron chi connectivity index (χ0n) is 15.5. The number of hydrogen-bond donors (Lipinski definition) is 0. The molecule has 0 spiro atoms. The molecule has 3 rings (SSSR count). The maximum atomic E-state index is 13.5. The van der Waals surface area contributed by atoms with E-state index in [-0.39, 0.29) is 24.1 Å². The molecule has 0 fully saturated rings. The first kappa shape index (κ1) is 20.3. The lowest BCUT2D eigenvalue weighted by molar-refractivity contribution is -0.139. The van der Waals surface area contributed by atoms with Crippen molar-refractivity contribution in [3.8, 4) is 5.69 Å². The van der Waals surface area contributed by atoms with E-state index >= 15 is 0 Å². The number of esters is 1. The molecule has 0 amide bonds. The van der Waals surface area contributed by atoms with Gasteiger partial charge in [0.2, 0.25) is 5.16 Å². The fourth-order valence-corrected chi connectivity index (χ4v) is 3.85. The summed E-state index contributed by atoms with van der Waals surface area (Å²) in [7, 11) is 0. The normalized spacial score (nSPS) is 10.8. The van der Waals surface area contributed by atoms with Gasteiger partial charge < -0.3 is 4.74 Å². The van der Waals surface area contributed by atoms with Crippen molar-refractivity contribution in [3.05, 3.63) is 59.4 Å². The van der Waals surface area contributed by atoms with Crippen LogP contribution in [0.1, 0.15) is 11.1 Å². The van der Waals surface area contributed by atoms with Crippen molar-refractivity contribution < 1.29 is 13.9 Å². The van der Waals surface area contributed by atoms with Gasteiger partial charge in [0.15, 0.2) is 0 Å². The molecular weight excluding hydrogens is 399 g/mol. The van der Waals surface area contributed by atoms with Crippen molar-refractivity contribution >= 4 is 29.5 Å². The summed E-state index contributed by atoms with van der Waals surface area (Å²) in [5, 5.41) is 12.3. The van der Waals surface area contributed by atoms with Gasteiger partial charge in [-0.25, -0.2) is 4.39 Å². The highest BCUT2D eigenvalue weighted by molar-refractivity contribution is 7.99. The Labute approximate surface area is 170 Å². The van der Waals surface area contributed by atoms with Crippen LogP contribution in [-0.4, -0.2) is 44.3 Å². The molecule has 0 saturated carbocycles. The van der Waals surface area contributed by atoms with E-state index in [0.717, 1.165) is 16.8 Å². The highest BCUT2D eigenvalue weighted by Gasteiger charge is 2.14. The van der Waals surface area contributed by atoms with Crippen LogP contribution in [0, 0.1) is 19.7 Å². The molecule has 0 bridgehead atoms. The number of hydrogen-bond acceptors (Lipinski definition) is 7. The molecule has 0 atom stereocenters. The Balaban J connectivity index is 1.48. The monoisotopic (exact) mass is 418 g/mol. The SMILES string of the molecule is Cc1ccc(C)c(-n2nnnc2SCC(=O)OCCSc2ccccc2F)c1. The molecule has 6 nitrogen and oxygen atoms in total. The molecule has 146 valence electrons. The van der Waals surface area contributed by atoms with E-state index in [1.54, 1.807) is 22.9 Å². The Hall–Kier alpha value is -2.39. The molecule has 0 aliphatic heterocycles. The molecule has 2 aromatic carbocycles. The highest BCUT2D eigenvalue weighted by Crippen LogP contribution is 2.22. The summed E-state index contributed by atoms with van der Waals surface area (Å²) >= 11 is 2.53. The van der Waals surface area contributed by atoms with E-state index in [0.29, 0.717) is 15.8 Å². The summed E-state index contributed by atoms with van der Waals surface area (Å²) in [6.07, 6.45) is 0. The van der Waals surface area contributed by atoms with Crippen molar-refractivity contribution in [2.75, 3.05) is 18.1 Å². The third-order valence-electron chi connectivity index (χ3n) is 3.79. The van der Waals surface area contributed by atoms with Crippen LogP contribution in [0.4, 0.5) is 4.39 Å². The lowest BCUT2D eigenvalue weighted by atomic mass is 10.1. The number of benzene rings is 2. The van der Waals surface area contributed by atoms with Crippen molar-refractivity contribution in [2.24, 2.45) is 0 Å². The number of halogens is 1. The molecule has 0 aliphatic carbocycles. The number of rotatable bonds is 8. The second-order valence-corrected chi connectivity index (χ2v) is 8.03. The topological polar surface area (TPSA) is 69.9 Å². The minimum Gasteiger partial charge on any atom is -0.464 e. The number of carbonyl (C=O) groups is 1. The number of tetrazole rings is 1. The van der Waals surface area contributed by atoms with Crippen LogP contribution >= 0.6 is 23.5 Å². The Morgan fingerprint density at radius 2 is 2.00 bits per heavy atom. The average Bonchev–Trinajstić information content (AvgIpc) is 3.15. The van der Waals surface area contributed by atoms with Gasteiger partial charge in [-0.15, -0.1) is 16.9 Å². The molecule has 0 unspecified atom stereocenters. The van der Waals surface area contributed by atoms with Crippen molar-refractivity contribution in [1.82, 2.24) is 20.2 Å². The first-order chi connectivity index (χ1) is 13.5. The van der Waals surface area contributed by atoms with E-state index in [1.165, 1.54) is 29.6 Å². The summed E-state index contributed by atoms with van der Waals surface area (Å²) in [4.78, 5) is 12.5. The molecule has 0 radical (unpaired) electrons. The van der Waals surface area contributed by atoms with Gasteiger partial charge in [-0.2, -0.15) is 4.68 Å². The maximum Gasteiger partial charge on any atom is 0.316 e. The number of ether oxygens (including phenoxy) is 1. The van der Waals surface area contributed by atoms with Crippen molar-refractivity contribution in [2.45, 2.75) is 23.9 Å². The minimum absolute atomic E-state index is 0.0929. The third-order valence-corrected chi connectivity index (χ3v) is 5.70. The number of aromatic nitrogens is 4. The Kier molecular flexibility index (Phi) is 7.05. The zero-order valence-corrected chi connectivity index (χ0v) is 17.1. The Bertz CT molecular complexity index is 965. The second-order valence-electron chi connectivity index (χ2n) is 5.95. The molecule has 1 heterocycles. The van der Waals surface area contributed by atoms with Gasteiger partial charge in [-0.05, 0) is 53.6 Å². The fraction of sp³-hybridized carbons (Fsp3) is 0.263. The summed E-state index contributed by atoms with van der Waals surface area (Å²) in [6, 6.07) is 12.5. The minimum atomic E-state index is -0.366. The zero-order chi connectivity index (χ0) is 19.9. The molecule has 1 aromatic heterocycles. The first-order valence-electron chi connectivity index (χ1n) is 8.56. The van der Waals surface area contributed by atoms with Gasteiger partial charge in [0.25, 0.3) is 0 Å². The number of aryl methyl sites for hydroxylation is 2. The lowest BCUT2D eigenvalue weighted by Gasteiger charge is -2.08. The molecule has 28 heavy (non-hydrogen) atoms. The van der Waals surface area contributed by atoms with Gasteiger partial charge in [-0.1, -0.05) is 36.0 Å². The van der Waals surface area contributed by atoms with E-state index < -0.39 is 0 Å². The molecule has 0 aliphatic rings. The maximum absolute atomic E-state index is 13.5. The van der Waals surface area contributed by atoms with Crippen LogP contribution in [-0.2, 0) is 9.53 Å². The van der Waals surface area contributed by atoms with Gasteiger partial charge in [0, 0.05) is 10.6 Å². The van der Waals surface area contributed by atoms with Gasteiger partial charge in [0.1, 0.15) is 12.4 Å². The predicted octanol–water partition coefficient (Wildman–Crippen LogP) is 3.85.